The minimum absolute atomic E-state index is 0.0536. The maximum absolute atomic E-state index is 12.8. The summed E-state index contributed by atoms with van der Waals surface area (Å²) in [6.45, 7) is 2.02. The van der Waals surface area contributed by atoms with Gasteiger partial charge in [0.25, 0.3) is 0 Å². The van der Waals surface area contributed by atoms with Crippen LogP contribution in [0.4, 0.5) is 0 Å². The molecule has 28 heavy (non-hydrogen) atoms. The molecule has 0 saturated carbocycles. The molecule has 0 saturated heterocycles. The summed E-state index contributed by atoms with van der Waals surface area (Å²) in [6.07, 6.45) is 6.71. The van der Waals surface area contributed by atoms with Crippen molar-refractivity contribution < 1.29 is 9.21 Å². The number of nitrogens with one attached hydrogen (secondary N) is 1. The molecule has 1 N–H and O–H groups in total. The van der Waals surface area contributed by atoms with Gasteiger partial charge < -0.3 is 9.73 Å². The minimum atomic E-state index is -0.197. The summed E-state index contributed by atoms with van der Waals surface area (Å²) in [5, 5.41) is 12.7. The Morgan fingerprint density at radius 2 is 2.18 bits per heavy atom. The Kier molecular flexibility index (Phi) is 5.34. The van der Waals surface area contributed by atoms with Gasteiger partial charge in [0, 0.05) is 17.1 Å². The lowest BCUT2D eigenvalue weighted by atomic mass is 10.1. The van der Waals surface area contributed by atoms with E-state index in [0.29, 0.717) is 0 Å². The van der Waals surface area contributed by atoms with Gasteiger partial charge in [-0.05, 0) is 49.1 Å². The third-order valence-electron chi connectivity index (χ3n) is 4.76. The summed E-state index contributed by atoms with van der Waals surface area (Å²) in [5.74, 6) is 1.62. The van der Waals surface area contributed by atoms with Crippen LogP contribution in [0.2, 0.25) is 0 Å². The van der Waals surface area contributed by atoms with E-state index in [9.17, 15) is 4.79 Å². The number of rotatable bonds is 7. The molecule has 1 unspecified atom stereocenters. The van der Waals surface area contributed by atoms with E-state index in [4.69, 9.17) is 4.42 Å². The van der Waals surface area contributed by atoms with E-state index in [1.54, 1.807) is 18.0 Å². The fourth-order valence-corrected chi connectivity index (χ4v) is 3.82. The van der Waals surface area contributed by atoms with E-state index in [0.717, 1.165) is 45.7 Å². The van der Waals surface area contributed by atoms with Crippen molar-refractivity contribution in [3.05, 3.63) is 65.8 Å². The van der Waals surface area contributed by atoms with Crippen molar-refractivity contribution >= 4 is 34.3 Å². The van der Waals surface area contributed by atoms with Crippen molar-refractivity contribution in [2.45, 2.75) is 25.8 Å². The first-order valence-corrected chi connectivity index (χ1v) is 10.6. The van der Waals surface area contributed by atoms with Crippen molar-refractivity contribution in [1.82, 2.24) is 19.9 Å². The second kappa shape index (κ2) is 8.06. The molecular weight excluding hydrogens is 372 g/mol. The smallest absolute Gasteiger partial charge is 0.225 e. The van der Waals surface area contributed by atoms with Crippen LogP contribution in [0.3, 0.4) is 0 Å². The highest BCUT2D eigenvalue weighted by Crippen LogP contribution is 2.23. The third-order valence-corrected chi connectivity index (χ3v) is 5.40. The summed E-state index contributed by atoms with van der Waals surface area (Å²) < 4.78 is 7.55. The fourth-order valence-electron chi connectivity index (χ4n) is 3.34. The van der Waals surface area contributed by atoms with Crippen molar-refractivity contribution in [3.63, 3.8) is 0 Å². The molecule has 3 aromatic heterocycles. The van der Waals surface area contributed by atoms with Gasteiger partial charge in [0.1, 0.15) is 5.58 Å². The van der Waals surface area contributed by atoms with Crippen molar-refractivity contribution in [1.29, 1.82) is 0 Å². The van der Waals surface area contributed by atoms with Crippen LogP contribution >= 0.6 is 11.8 Å². The van der Waals surface area contributed by atoms with Crippen LogP contribution in [0.15, 0.2) is 53.3 Å². The van der Waals surface area contributed by atoms with Gasteiger partial charge in [-0.25, -0.2) is 0 Å². The molecule has 1 amide bonds. The molecule has 0 spiro atoms. The number of pyridine rings is 1. The number of hydrogen-bond donors (Lipinski definition) is 1. The summed E-state index contributed by atoms with van der Waals surface area (Å²) in [6, 6.07) is 11.6. The van der Waals surface area contributed by atoms with Crippen LogP contribution in [0.25, 0.3) is 16.6 Å². The van der Waals surface area contributed by atoms with Crippen molar-refractivity contribution in [2.75, 3.05) is 12.0 Å². The molecule has 144 valence electrons. The molecule has 0 aliphatic rings. The lowest BCUT2D eigenvalue weighted by Crippen LogP contribution is -2.31. The number of thioether (sulfide) groups is 1. The molecule has 3 heterocycles. The predicted molar refractivity (Wildman–Crippen MR) is 112 cm³/mol. The molecule has 0 aliphatic heterocycles. The molecule has 0 aliphatic carbocycles. The molecule has 0 bridgehead atoms. The molecule has 1 aromatic carbocycles. The highest BCUT2D eigenvalue weighted by Gasteiger charge is 2.21. The van der Waals surface area contributed by atoms with Crippen LogP contribution in [0.5, 0.6) is 0 Å². The second-order valence-corrected chi connectivity index (χ2v) is 7.81. The van der Waals surface area contributed by atoms with Gasteiger partial charge in [-0.15, -0.1) is 10.2 Å². The predicted octanol–water partition coefficient (Wildman–Crippen LogP) is 3.94. The van der Waals surface area contributed by atoms with Gasteiger partial charge in [0.15, 0.2) is 11.5 Å². The number of fused-ring (bicyclic) bond motifs is 2. The first-order chi connectivity index (χ1) is 13.7. The normalized spacial score (nSPS) is 12.5. The number of benzene rings is 1. The Labute approximate surface area is 167 Å². The number of furan rings is 1. The van der Waals surface area contributed by atoms with Crippen molar-refractivity contribution in [2.24, 2.45) is 0 Å². The fraction of sp³-hybridized carbons (Fsp3) is 0.286. The monoisotopic (exact) mass is 394 g/mol. The molecule has 4 aromatic rings. The zero-order chi connectivity index (χ0) is 19.5. The molecule has 7 heteroatoms. The SMILES string of the molecule is CSCCC(NC(=O)Cc1coc2cc(C)ccc12)c1nnc2ccccn12. The summed E-state index contributed by atoms with van der Waals surface area (Å²) in [4.78, 5) is 12.8. The van der Waals surface area contributed by atoms with Crippen LogP contribution in [0, 0.1) is 6.92 Å². The largest absolute Gasteiger partial charge is 0.464 e. The van der Waals surface area contributed by atoms with Gasteiger partial charge in [0.2, 0.25) is 5.91 Å². The average molecular weight is 395 g/mol. The number of carbonyl (C=O) groups excluding carboxylic acids is 1. The Balaban J connectivity index is 1.55. The summed E-state index contributed by atoms with van der Waals surface area (Å²) >= 11 is 1.74. The Hall–Kier alpha value is -2.80. The van der Waals surface area contributed by atoms with Crippen LogP contribution in [0.1, 0.15) is 29.4 Å². The van der Waals surface area contributed by atoms with E-state index in [-0.39, 0.29) is 18.4 Å². The zero-order valence-corrected chi connectivity index (χ0v) is 16.7. The topological polar surface area (TPSA) is 72.4 Å². The van der Waals surface area contributed by atoms with Crippen molar-refractivity contribution in [3.8, 4) is 0 Å². The minimum Gasteiger partial charge on any atom is -0.464 e. The van der Waals surface area contributed by atoms with Gasteiger partial charge in [-0.1, -0.05) is 18.2 Å². The van der Waals surface area contributed by atoms with E-state index < -0.39 is 0 Å². The molecular formula is C21H22N4O2S. The molecule has 6 nitrogen and oxygen atoms in total. The molecule has 0 fully saturated rings. The summed E-state index contributed by atoms with van der Waals surface area (Å²) in [7, 11) is 0. The van der Waals surface area contributed by atoms with Gasteiger partial charge in [-0.3, -0.25) is 9.20 Å². The second-order valence-electron chi connectivity index (χ2n) is 6.83. The molecule has 4 rings (SSSR count). The number of hydrogen-bond acceptors (Lipinski definition) is 5. The summed E-state index contributed by atoms with van der Waals surface area (Å²) in [5.41, 5.74) is 3.61. The average Bonchev–Trinajstić information content (AvgIpc) is 3.29. The Morgan fingerprint density at radius 1 is 1.29 bits per heavy atom. The van der Waals surface area contributed by atoms with E-state index >= 15 is 0 Å². The number of carbonyl (C=O) groups is 1. The first kappa shape index (κ1) is 18.6. The quantitative estimate of drug-likeness (QED) is 0.514. The maximum Gasteiger partial charge on any atom is 0.225 e. The Morgan fingerprint density at radius 3 is 3.04 bits per heavy atom. The zero-order valence-electron chi connectivity index (χ0n) is 15.9. The van der Waals surface area contributed by atoms with E-state index in [1.807, 2.05) is 53.9 Å². The van der Waals surface area contributed by atoms with Crippen LogP contribution < -0.4 is 5.32 Å². The molecule has 0 radical (unpaired) electrons. The maximum atomic E-state index is 12.8. The van der Waals surface area contributed by atoms with Crippen LogP contribution in [-0.4, -0.2) is 32.5 Å². The first-order valence-electron chi connectivity index (χ1n) is 9.20. The van der Waals surface area contributed by atoms with Gasteiger partial charge in [0.05, 0.1) is 18.7 Å². The van der Waals surface area contributed by atoms with Crippen LogP contribution in [-0.2, 0) is 11.2 Å². The number of amides is 1. The molecule has 1 atom stereocenters. The van der Waals surface area contributed by atoms with Gasteiger partial charge in [-0.2, -0.15) is 11.8 Å². The number of aromatic nitrogens is 3. The van der Waals surface area contributed by atoms with E-state index in [2.05, 4.69) is 21.8 Å². The highest BCUT2D eigenvalue weighted by atomic mass is 32.2. The number of aryl methyl sites for hydroxylation is 1. The lowest BCUT2D eigenvalue weighted by molar-refractivity contribution is -0.121. The Bertz CT molecular complexity index is 1120. The highest BCUT2D eigenvalue weighted by molar-refractivity contribution is 7.98. The van der Waals surface area contributed by atoms with E-state index in [1.165, 1.54) is 0 Å². The van der Waals surface area contributed by atoms with Gasteiger partial charge >= 0.3 is 0 Å². The lowest BCUT2D eigenvalue weighted by Gasteiger charge is -2.17. The number of nitrogens with zero attached hydrogens (tertiary/aromatic N) is 3. The standard InChI is InChI=1S/C21H22N4O2S/c1-14-6-7-16-15(13-27-18(16)11-14)12-20(26)22-17(8-10-28-2)21-24-23-19-5-3-4-9-25(19)21/h3-7,9,11,13,17H,8,10,12H2,1-2H3,(H,22,26). The third kappa shape index (κ3) is 3.75.